The number of hydrogen-bond donors (Lipinski definition) is 0. The number of para-hydroxylation sites is 4. The first-order chi connectivity index (χ1) is 22.2. The Bertz CT molecular complexity index is 1780. The van der Waals surface area contributed by atoms with Gasteiger partial charge in [0.15, 0.2) is 11.6 Å². The summed E-state index contributed by atoms with van der Waals surface area (Å²) in [7, 11) is 3.16. The number of rotatable bonds is 6. The molecule has 0 radical (unpaired) electrons. The van der Waals surface area contributed by atoms with Crippen molar-refractivity contribution in [1.29, 1.82) is 0 Å². The van der Waals surface area contributed by atoms with E-state index in [4.69, 9.17) is 30.1 Å². The van der Waals surface area contributed by atoms with E-state index in [1.54, 1.807) is 90.4 Å². The Balaban J connectivity index is 0.00000500. The van der Waals surface area contributed by atoms with Crippen molar-refractivity contribution in [2.45, 2.75) is 27.7 Å². The summed E-state index contributed by atoms with van der Waals surface area (Å²) in [6, 6.07) is 28.6. The molecule has 0 aliphatic carbocycles. The maximum atomic E-state index is 14.0. The van der Waals surface area contributed by atoms with Crippen molar-refractivity contribution in [2.24, 2.45) is 9.98 Å². The molecule has 0 saturated heterocycles. The van der Waals surface area contributed by atoms with Gasteiger partial charge in [0.1, 0.15) is 11.5 Å². The molecule has 0 atom stereocenters. The van der Waals surface area contributed by atoms with Crippen molar-refractivity contribution in [3.8, 4) is 11.5 Å². The molecule has 0 fully saturated rings. The predicted octanol–water partition coefficient (Wildman–Crippen LogP) is 9.92. The summed E-state index contributed by atoms with van der Waals surface area (Å²) in [5.74, 6) is 0.836. The van der Waals surface area contributed by atoms with Crippen molar-refractivity contribution in [3.05, 3.63) is 141 Å². The fourth-order valence-corrected chi connectivity index (χ4v) is 5.21. The van der Waals surface area contributed by atoms with Crippen LogP contribution in [0.1, 0.15) is 48.4 Å². The summed E-state index contributed by atoms with van der Waals surface area (Å²) in [6.45, 7) is 7.14. The number of ether oxygens (including phenoxy) is 2. The third-order valence-corrected chi connectivity index (χ3v) is 7.52. The summed E-state index contributed by atoms with van der Waals surface area (Å²) in [5, 5.41) is 9.81. The monoisotopic (exact) mass is 668 g/mol. The van der Waals surface area contributed by atoms with Crippen LogP contribution in [-0.2, 0) is 16.5 Å². The molecule has 47 heavy (non-hydrogen) atoms. The Morgan fingerprint density at radius 3 is 1.21 bits per heavy atom. The number of aliphatic imine (C=N–C) groups is 2. The molecule has 0 bridgehead atoms. The van der Waals surface area contributed by atoms with Crippen molar-refractivity contribution < 1.29 is 35.6 Å². The van der Waals surface area contributed by atoms with E-state index >= 15 is 0 Å². The molecule has 0 amide bonds. The second-order valence-corrected chi connectivity index (χ2v) is 10.6. The fraction of sp³-hybridized carbons (Fsp3) is 0.158. The van der Waals surface area contributed by atoms with Gasteiger partial charge < -0.3 is 20.1 Å². The van der Waals surface area contributed by atoms with E-state index < -0.39 is 0 Å². The molecule has 1 aliphatic rings. The Morgan fingerprint density at radius 2 is 0.872 bits per heavy atom. The first-order valence-corrected chi connectivity index (χ1v) is 14.7. The van der Waals surface area contributed by atoms with Gasteiger partial charge in [-0.2, -0.15) is 0 Å². The summed E-state index contributed by atoms with van der Waals surface area (Å²) in [5.41, 5.74) is 5.68. The zero-order valence-corrected chi connectivity index (χ0v) is 28.0. The van der Waals surface area contributed by atoms with Gasteiger partial charge in [0.25, 0.3) is 0 Å². The SMILES string of the molecule is COc1ccc(C(=O)/C2=C(\C)[N-]c3ccccc3N=C(C)/C(C(=O)c3ccc(OC)cc3)=C(/C)[N-]c3ccccc3N=C2C)cc1.[Ni+2]. The van der Waals surface area contributed by atoms with Crippen LogP contribution >= 0.6 is 0 Å². The second kappa shape index (κ2) is 15.3. The number of benzene rings is 4. The summed E-state index contributed by atoms with van der Waals surface area (Å²) in [4.78, 5) is 37.9. The normalized spacial score (nSPS) is 16.4. The molecule has 9 heteroatoms. The molecule has 0 spiro atoms. The Labute approximate surface area is 285 Å². The van der Waals surface area contributed by atoms with Gasteiger partial charge in [0, 0.05) is 45.1 Å². The van der Waals surface area contributed by atoms with Crippen LogP contribution in [0.2, 0.25) is 0 Å². The van der Waals surface area contributed by atoms with E-state index in [1.165, 1.54) is 0 Å². The number of hydrogen-bond acceptors (Lipinski definition) is 6. The van der Waals surface area contributed by atoms with Crippen molar-refractivity contribution in [1.82, 2.24) is 0 Å². The van der Waals surface area contributed by atoms with Crippen LogP contribution in [0.3, 0.4) is 0 Å². The Hall–Kier alpha value is -5.27. The Kier molecular flexibility index (Phi) is 11.3. The molecule has 1 heterocycles. The van der Waals surface area contributed by atoms with Gasteiger partial charge in [-0.25, -0.2) is 0 Å². The molecular weight excluding hydrogens is 635 g/mol. The summed E-state index contributed by atoms with van der Waals surface area (Å²) >= 11 is 0. The molecule has 0 N–H and O–H groups in total. The van der Waals surface area contributed by atoms with E-state index in [0.717, 1.165) is 0 Å². The first-order valence-electron chi connectivity index (χ1n) is 14.7. The van der Waals surface area contributed by atoms with Crippen LogP contribution in [0.25, 0.3) is 10.6 Å². The zero-order chi connectivity index (χ0) is 32.8. The average molecular weight is 669 g/mol. The average Bonchev–Trinajstić information content (AvgIpc) is 3.06. The number of carbonyl (C=O) groups is 2. The molecule has 8 nitrogen and oxygen atoms in total. The molecular formula is C38H34N4NiO4. The standard InChI is InChI=1S/C38H36N4O4.Ni/c1-23-35(37(43)27-15-19-29(45-5)20-16-27)24(2)40-33-13-9-10-14-34(33)42-26(4)36(38(44)28-17-21-30(46-6)22-18-28)25(3)41-32-12-8-7-11-31(32)39-23;/h7-22H,1-6H3,(H2,39,40,41,42,43,44);/q;+2/p-2. The van der Waals surface area contributed by atoms with Gasteiger partial charge >= 0.3 is 16.5 Å². The van der Waals surface area contributed by atoms with Gasteiger partial charge in [-0.3, -0.25) is 19.6 Å². The van der Waals surface area contributed by atoms with E-state index in [9.17, 15) is 9.59 Å². The molecule has 4 aromatic rings. The number of Topliss-reactive ketones (excluding diaryl/α,β-unsaturated/α-hetero) is 2. The van der Waals surface area contributed by atoms with Crippen LogP contribution in [0.15, 0.2) is 130 Å². The van der Waals surface area contributed by atoms with Crippen LogP contribution in [0, 0.1) is 0 Å². The van der Waals surface area contributed by atoms with Gasteiger partial charge in [-0.15, -0.1) is 22.8 Å². The maximum absolute atomic E-state index is 14.0. The Morgan fingerprint density at radius 1 is 0.532 bits per heavy atom. The van der Waals surface area contributed by atoms with Crippen LogP contribution in [0.5, 0.6) is 11.5 Å². The molecule has 1 aliphatic heterocycles. The minimum atomic E-state index is -0.229. The van der Waals surface area contributed by atoms with Gasteiger partial charge in [0.05, 0.1) is 14.2 Å². The molecule has 0 unspecified atom stereocenters. The third kappa shape index (κ3) is 7.76. The minimum Gasteiger partial charge on any atom is -0.659 e. The largest absolute Gasteiger partial charge is 2.00 e. The molecule has 240 valence electrons. The van der Waals surface area contributed by atoms with Crippen LogP contribution in [-0.4, -0.2) is 37.2 Å². The number of fused-ring (bicyclic) bond motifs is 2. The van der Waals surface area contributed by atoms with Crippen LogP contribution in [0.4, 0.5) is 22.7 Å². The van der Waals surface area contributed by atoms with Crippen molar-refractivity contribution >= 4 is 45.7 Å². The number of nitrogens with zero attached hydrogens (tertiary/aromatic N) is 4. The predicted molar refractivity (Wildman–Crippen MR) is 185 cm³/mol. The zero-order valence-electron chi connectivity index (χ0n) is 27.0. The summed E-state index contributed by atoms with van der Waals surface area (Å²) in [6.07, 6.45) is 0. The number of methoxy groups -OCH3 is 2. The number of allylic oxidation sites excluding steroid dienone is 4. The fourth-order valence-electron chi connectivity index (χ4n) is 5.21. The second-order valence-electron chi connectivity index (χ2n) is 10.6. The van der Waals surface area contributed by atoms with Crippen LogP contribution < -0.4 is 9.47 Å². The molecule has 0 saturated carbocycles. The smallest absolute Gasteiger partial charge is 0.659 e. The number of ketones is 2. The first kappa shape index (κ1) is 34.6. The molecule has 5 rings (SSSR count). The summed E-state index contributed by atoms with van der Waals surface area (Å²) < 4.78 is 10.6. The van der Waals surface area contributed by atoms with Gasteiger partial charge in [0.2, 0.25) is 0 Å². The maximum Gasteiger partial charge on any atom is 2.00 e. The van der Waals surface area contributed by atoms with Crippen molar-refractivity contribution in [3.63, 3.8) is 0 Å². The molecule has 0 aromatic heterocycles. The van der Waals surface area contributed by atoms with E-state index in [0.29, 0.717) is 79.3 Å². The third-order valence-electron chi connectivity index (χ3n) is 7.52. The van der Waals surface area contributed by atoms with E-state index in [1.807, 2.05) is 48.5 Å². The van der Waals surface area contributed by atoms with Gasteiger partial charge in [-0.05, 0) is 74.5 Å². The quantitative estimate of drug-likeness (QED) is 0.151. The molecule has 4 aromatic carbocycles. The topological polar surface area (TPSA) is 106 Å². The van der Waals surface area contributed by atoms with E-state index in [2.05, 4.69) is 0 Å². The minimum absolute atomic E-state index is 0. The number of carbonyl (C=O) groups excluding carboxylic acids is 2. The van der Waals surface area contributed by atoms with Crippen molar-refractivity contribution in [2.75, 3.05) is 14.2 Å². The van der Waals surface area contributed by atoms with Gasteiger partial charge in [-0.1, -0.05) is 50.2 Å². The van der Waals surface area contributed by atoms with E-state index in [-0.39, 0.29) is 28.1 Å².